The lowest BCUT2D eigenvalue weighted by atomic mass is 9.90. The Kier molecular flexibility index (Phi) is 6.03. The van der Waals surface area contributed by atoms with Gasteiger partial charge in [0, 0.05) is 12.2 Å². The van der Waals surface area contributed by atoms with Crippen LogP contribution in [0.1, 0.15) is 30.5 Å². The van der Waals surface area contributed by atoms with Gasteiger partial charge in [0.15, 0.2) is 0 Å². The van der Waals surface area contributed by atoms with E-state index in [1.807, 2.05) is 56.3 Å². The van der Waals surface area contributed by atoms with Crippen molar-refractivity contribution in [3.8, 4) is 5.75 Å². The van der Waals surface area contributed by atoms with Crippen molar-refractivity contribution in [2.24, 2.45) is 5.41 Å². The molecule has 0 heterocycles. The van der Waals surface area contributed by atoms with Crippen LogP contribution in [0.5, 0.6) is 5.75 Å². The SMILES string of the molecule is COc1ccc(CNC(=O)C(C)(C)C(=O)Nc2ccc(C)c(C)c2)cc1. The van der Waals surface area contributed by atoms with Gasteiger partial charge in [-0.15, -0.1) is 0 Å². The van der Waals surface area contributed by atoms with Crippen molar-refractivity contribution < 1.29 is 14.3 Å². The van der Waals surface area contributed by atoms with Gasteiger partial charge in [0.25, 0.3) is 0 Å². The van der Waals surface area contributed by atoms with E-state index >= 15 is 0 Å². The molecule has 0 bridgehead atoms. The van der Waals surface area contributed by atoms with Gasteiger partial charge < -0.3 is 15.4 Å². The first-order chi connectivity index (χ1) is 12.2. The zero-order chi connectivity index (χ0) is 19.3. The average molecular weight is 354 g/mol. The van der Waals surface area contributed by atoms with E-state index in [4.69, 9.17) is 4.74 Å². The van der Waals surface area contributed by atoms with Crippen molar-refractivity contribution in [1.82, 2.24) is 5.32 Å². The Hall–Kier alpha value is -2.82. The molecule has 0 aliphatic heterocycles. The van der Waals surface area contributed by atoms with Gasteiger partial charge in [-0.05, 0) is 68.7 Å². The quantitative estimate of drug-likeness (QED) is 0.779. The van der Waals surface area contributed by atoms with Crippen LogP contribution in [0, 0.1) is 19.3 Å². The Balaban J connectivity index is 1.98. The number of hydrogen-bond acceptors (Lipinski definition) is 3. The number of anilines is 1. The summed E-state index contributed by atoms with van der Waals surface area (Å²) in [7, 11) is 1.60. The van der Waals surface area contributed by atoms with Crippen molar-refractivity contribution >= 4 is 17.5 Å². The lowest BCUT2D eigenvalue weighted by Crippen LogP contribution is -2.44. The van der Waals surface area contributed by atoms with E-state index < -0.39 is 5.41 Å². The first-order valence-corrected chi connectivity index (χ1v) is 8.54. The zero-order valence-corrected chi connectivity index (χ0v) is 16.0. The Labute approximate surface area is 154 Å². The third-order valence-corrected chi connectivity index (χ3v) is 4.51. The van der Waals surface area contributed by atoms with Crippen LogP contribution in [0.3, 0.4) is 0 Å². The molecule has 5 nitrogen and oxygen atoms in total. The second-order valence-electron chi connectivity index (χ2n) is 6.91. The average Bonchev–Trinajstić information content (AvgIpc) is 2.63. The van der Waals surface area contributed by atoms with Gasteiger partial charge in [0.05, 0.1) is 7.11 Å². The molecule has 0 spiro atoms. The molecule has 2 amide bonds. The van der Waals surface area contributed by atoms with Crippen LogP contribution in [0.25, 0.3) is 0 Å². The predicted octanol–water partition coefficient (Wildman–Crippen LogP) is 3.59. The Bertz CT molecular complexity index is 795. The van der Waals surface area contributed by atoms with Crippen molar-refractivity contribution in [2.75, 3.05) is 12.4 Å². The van der Waals surface area contributed by atoms with Crippen LogP contribution < -0.4 is 15.4 Å². The van der Waals surface area contributed by atoms with Crippen molar-refractivity contribution in [3.05, 3.63) is 59.2 Å². The molecule has 0 aromatic heterocycles. The van der Waals surface area contributed by atoms with Gasteiger partial charge in [0.1, 0.15) is 11.2 Å². The topological polar surface area (TPSA) is 67.4 Å². The minimum Gasteiger partial charge on any atom is -0.497 e. The second kappa shape index (κ2) is 8.04. The third-order valence-electron chi connectivity index (χ3n) is 4.51. The summed E-state index contributed by atoms with van der Waals surface area (Å²) in [6.07, 6.45) is 0. The molecule has 0 saturated carbocycles. The van der Waals surface area contributed by atoms with Gasteiger partial charge in [-0.1, -0.05) is 18.2 Å². The van der Waals surface area contributed by atoms with Gasteiger partial charge >= 0.3 is 0 Å². The van der Waals surface area contributed by atoms with Crippen LogP contribution in [0.15, 0.2) is 42.5 Å². The molecule has 0 aliphatic rings. The largest absolute Gasteiger partial charge is 0.497 e. The van der Waals surface area contributed by atoms with Crippen LogP contribution in [-0.2, 0) is 16.1 Å². The number of rotatable bonds is 6. The summed E-state index contributed by atoms with van der Waals surface area (Å²) in [5, 5.41) is 5.65. The fourth-order valence-electron chi connectivity index (χ4n) is 2.36. The van der Waals surface area contributed by atoms with E-state index in [0.717, 1.165) is 22.4 Å². The fourth-order valence-corrected chi connectivity index (χ4v) is 2.36. The number of benzene rings is 2. The molecule has 0 fully saturated rings. The van der Waals surface area contributed by atoms with Gasteiger partial charge in [-0.25, -0.2) is 0 Å². The van der Waals surface area contributed by atoms with Crippen LogP contribution in [0.4, 0.5) is 5.69 Å². The summed E-state index contributed by atoms with van der Waals surface area (Å²) in [4.78, 5) is 25.1. The Morgan fingerprint density at radius 3 is 2.19 bits per heavy atom. The highest BCUT2D eigenvalue weighted by Gasteiger charge is 2.35. The van der Waals surface area contributed by atoms with Crippen LogP contribution in [-0.4, -0.2) is 18.9 Å². The molecule has 0 saturated heterocycles. The lowest BCUT2D eigenvalue weighted by Gasteiger charge is -2.23. The zero-order valence-electron chi connectivity index (χ0n) is 16.0. The van der Waals surface area contributed by atoms with E-state index in [-0.39, 0.29) is 11.8 Å². The van der Waals surface area contributed by atoms with Crippen molar-refractivity contribution in [1.29, 1.82) is 0 Å². The second-order valence-corrected chi connectivity index (χ2v) is 6.91. The van der Waals surface area contributed by atoms with Gasteiger partial charge in [-0.3, -0.25) is 9.59 Å². The minimum atomic E-state index is -1.19. The van der Waals surface area contributed by atoms with Crippen LogP contribution in [0.2, 0.25) is 0 Å². The summed E-state index contributed by atoms with van der Waals surface area (Å²) >= 11 is 0. The van der Waals surface area contributed by atoms with E-state index in [1.165, 1.54) is 0 Å². The Morgan fingerprint density at radius 1 is 0.962 bits per heavy atom. The summed E-state index contributed by atoms with van der Waals surface area (Å²) in [5.41, 5.74) is 2.67. The monoisotopic (exact) mass is 354 g/mol. The molecule has 2 N–H and O–H groups in total. The highest BCUT2D eigenvalue weighted by Crippen LogP contribution is 2.21. The summed E-state index contributed by atoms with van der Waals surface area (Å²) in [6, 6.07) is 13.1. The molecule has 0 aliphatic carbocycles. The highest BCUT2D eigenvalue weighted by molar-refractivity contribution is 6.09. The number of carbonyl (C=O) groups is 2. The first-order valence-electron chi connectivity index (χ1n) is 8.54. The maximum Gasteiger partial charge on any atom is 0.239 e. The number of methoxy groups -OCH3 is 1. The van der Waals surface area contributed by atoms with E-state index in [1.54, 1.807) is 21.0 Å². The molecular formula is C21H26N2O3. The van der Waals surface area contributed by atoms with Gasteiger partial charge in [0.2, 0.25) is 11.8 Å². The molecule has 138 valence electrons. The normalized spacial score (nSPS) is 11.0. The Morgan fingerprint density at radius 2 is 1.62 bits per heavy atom. The summed E-state index contributed by atoms with van der Waals surface area (Å²) in [5.74, 6) is 0.0933. The highest BCUT2D eigenvalue weighted by atomic mass is 16.5. The van der Waals surface area contributed by atoms with Gasteiger partial charge in [-0.2, -0.15) is 0 Å². The summed E-state index contributed by atoms with van der Waals surface area (Å²) < 4.78 is 5.11. The molecule has 5 heteroatoms. The molecule has 0 radical (unpaired) electrons. The smallest absolute Gasteiger partial charge is 0.239 e. The fraction of sp³-hybridized carbons (Fsp3) is 0.333. The number of hydrogen-bond donors (Lipinski definition) is 2. The van der Waals surface area contributed by atoms with E-state index in [2.05, 4.69) is 10.6 Å². The predicted molar refractivity (Wildman–Crippen MR) is 103 cm³/mol. The molecule has 0 unspecified atom stereocenters. The number of nitrogens with one attached hydrogen (secondary N) is 2. The van der Waals surface area contributed by atoms with E-state index in [0.29, 0.717) is 12.2 Å². The molecule has 0 atom stereocenters. The van der Waals surface area contributed by atoms with Crippen molar-refractivity contribution in [2.45, 2.75) is 34.2 Å². The standard InChI is InChI=1S/C21H26N2O3/c1-14-6-9-17(12-15(14)2)23-20(25)21(3,4)19(24)22-13-16-7-10-18(26-5)11-8-16/h6-12H,13H2,1-5H3,(H,22,24)(H,23,25). The molecule has 26 heavy (non-hydrogen) atoms. The van der Waals surface area contributed by atoms with E-state index in [9.17, 15) is 9.59 Å². The number of amides is 2. The van der Waals surface area contributed by atoms with Crippen LogP contribution >= 0.6 is 0 Å². The molecule has 2 rings (SSSR count). The minimum absolute atomic E-state index is 0.324. The molecular weight excluding hydrogens is 328 g/mol. The summed E-state index contributed by atoms with van der Waals surface area (Å²) in [6.45, 7) is 7.58. The maximum absolute atomic E-state index is 12.6. The lowest BCUT2D eigenvalue weighted by molar-refractivity contribution is -0.138. The van der Waals surface area contributed by atoms with Crippen molar-refractivity contribution in [3.63, 3.8) is 0 Å². The third kappa shape index (κ3) is 4.63. The number of carbonyl (C=O) groups excluding carboxylic acids is 2. The first kappa shape index (κ1) is 19.5. The molecule has 2 aromatic rings. The molecule has 2 aromatic carbocycles. The number of ether oxygens (including phenoxy) is 1. The maximum atomic E-state index is 12.6. The number of aryl methyl sites for hydroxylation is 2.